The molecule has 66 valence electrons. The van der Waals surface area contributed by atoms with Crippen LogP contribution in [0.1, 0.15) is 6.42 Å². The molecule has 0 spiro atoms. The second-order valence-electron chi connectivity index (χ2n) is 3.21. The van der Waals surface area contributed by atoms with Crippen molar-refractivity contribution in [1.82, 2.24) is 4.90 Å². The molecule has 2 N–H and O–H groups in total. The standard InChI is InChI=1S/C8H18N2O/c1-11-4-2-3-10-6-8(5-9)7-10/h8H,2-7,9H2,1H3. The number of methoxy groups -OCH3 is 1. The summed E-state index contributed by atoms with van der Waals surface area (Å²) in [7, 11) is 1.75. The predicted octanol–water partition coefficient (Wildman–Crippen LogP) is -0.0866. The summed E-state index contributed by atoms with van der Waals surface area (Å²) >= 11 is 0. The van der Waals surface area contributed by atoms with E-state index in [0.29, 0.717) is 0 Å². The van der Waals surface area contributed by atoms with E-state index >= 15 is 0 Å². The fourth-order valence-corrected chi connectivity index (χ4v) is 1.44. The van der Waals surface area contributed by atoms with Crippen molar-refractivity contribution in [2.24, 2.45) is 11.7 Å². The minimum Gasteiger partial charge on any atom is -0.385 e. The lowest BCUT2D eigenvalue weighted by atomic mass is 10.0. The number of likely N-dealkylation sites (tertiary alicyclic amines) is 1. The maximum absolute atomic E-state index is 5.50. The van der Waals surface area contributed by atoms with Gasteiger partial charge in [0.05, 0.1) is 0 Å². The van der Waals surface area contributed by atoms with Crippen LogP contribution in [-0.2, 0) is 4.74 Å². The molecule has 0 aromatic carbocycles. The third-order valence-electron chi connectivity index (χ3n) is 2.19. The van der Waals surface area contributed by atoms with Gasteiger partial charge in [0.25, 0.3) is 0 Å². The van der Waals surface area contributed by atoms with E-state index in [1.54, 1.807) is 7.11 Å². The van der Waals surface area contributed by atoms with Crippen LogP contribution in [0.2, 0.25) is 0 Å². The van der Waals surface area contributed by atoms with E-state index in [4.69, 9.17) is 10.5 Å². The fourth-order valence-electron chi connectivity index (χ4n) is 1.44. The molecule has 0 aliphatic carbocycles. The van der Waals surface area contributed by atoms with Gasteiger partial charge < -0.3 is 15.4 Å². The van der Waals surface area contributed by atoms with Crippen molar-refractivity contribution < 1.29 is 4.74 Å². The van der Waals surface area contributed by atoms with Gasteiger partial charge in [0, 0.05) is 33.4 Å². The number of hydrogen-bond donors (Lipinski definition) is 1. The summed E-state index contributed by atoms with van der Waals surface area (Å²) in [6.45, 7) is 5.29. The second kappa shape index (κ2) is 4.70. The zero-order chi connectivity index (χ0) is 8.10. The van der Waals surface area contributed by atoms with Crippen LogP contribution in [0.4, 0.5) is 0 Å². The molecule has 11 heavy (non-hydrogen) atoms. The highest BCUT2D eigenvalue weighted by molar-refractivity contribution is 4.79. The van der Waals surface area contributed by atoms with Crippen LogP contribution in [0.25, 0.3) is 0 Å². The van der Waals surface area contributed by atoms with Gasteiger partial charge in [0.15, 0.2) is 0 Å². The van der Waals surface area contributed by atoms with E-state index in [1.165, 1.54) is 19.6 Å². The van der Waals surface area contributed by atoms with Gasteiger partial charge in [-0.05, 0) is 18.9 Å². The largest absolute Gasteiger partial charge is 0.385 e. The molecule has 0 radical (unpaired) electrons. The Labute approximate surface area is 68.5 Å². The maximum Gasteiger partial charge on any atom is 0.0474 e. The van der Waals surface area contributed by atoms with Crippen molar-refractivity contribution in [3.8, 4) is 0 Å². The molecule has 0 unspecified atom stereocenters. The van der Waals surface area contributed by atoms with E-state index in [1.807, 2.05) is 0 Å². The van der Waals surface area contributed by atoms with Crippen LogP contribution in [0.5, 0.6) is 0 Å². The first-order chi connectivity index (χ1) is 5.36. The molecular weight excluding hydrogens is 140 g/mol. The molecule has 0 saturated carbocycles. The second-order valence-corrected chi connectivity index (χ2v) is 3.21. The molecule has 3 nitrogen and oxygen atoms in total. The Kier molecular flexibility index (Phi) is 3.83. The quantitative estimate of drug-likeness (QED) is 0.568. The highest BCUT2D eigenvalue weighted by Crippen LogP contribution is 2.13. The summed E-state index contributed by atoms with van der Waals surface area (Å²) < 4.78 is 4.96. The molecule has 1 saturated heterocycles. The van der Waals surface area contributed by atoms with Crippen LogP contribution in [0.3, 0.4) is 0 Å². The number of nitrogens with zero attached hydrogens (tertiary/aromatic N) is 1. The van der Waals surface area contributed by atoms with Gasteiger partial charge in [-0.25, -0.2) is 0 Å². The monoisotopic (exact) mass is 158 g/mol. The van der Waals surface area contributed by atoms with Gasteiger partial charge in [-0.2, -0.15) is 0 Å². The number of nitrogens with two attached hydrogens (primary N) is 1. The van der Waals surface area contributed by atoms with Crippen molar-refractivity contribution in [2.75, 3.05) is 39.9 Å². The predicted molar refractivity (Wildman–Crippen MR) is 45.5 cm³/mol. The lowest BCUT2D eigenvalue weighted by molar-refractivity contribution is 0.0901. The summed E-state index contributed by atoms with van der Waals surface area (Å²) in [6.07, 6.45) is 1.15. The van der Waals surface area contributed by atoms with Gasteiger partial charge in [-0.3, -0.25) is 0 Å². The van der Waals surface area contributed by atoms with Crippen molar-refractivity contribution in [1.29, 1.82) is 0 Å². The molecule has 1 heterocycles. The maximum atomic E-state index is 5.50. The lowest BCUT2D eigenvalue weighted by Gasteiger charge is -2.38. The molecule has 3 heteroatoms. The van der Waals surface area contributed by atoms with E-state index < -0.39 is 0 Å². The Morgan fingerprint density at radius 1 is 1.55 bits per heavy atom. The van der Waals surface area contributed by atoms with E-state index in [9.17, 15) is 0 Å². The average molecular weight is 158 g/mol. The minimum absolute atomic E-state index is 0.762. The third kappa shape index (κ3) is 2.77. The number of hydrogen-bond acceptors (Lipinski definition) is 3. The molecule has 1 fully saturated rings. The van der Waals surface area contributed by atoms with Gasteiger partial charge in [-0.15, -0.1) is 0 Å². The normalized spacial score (nSPS) is 20.2. The van der Waals surface area contributed by atoms with Gasteiger partial charge in [0.1, 0.15) is 0 Å². The number of rotatable bonds is 5. The zero-order valence-electron chi connectivity index (χ0n) is 7.25. The molecule has 0 amide bonds. The first-order valence-electron chi connectivity index (χ1n) is 4.28. The molecule has 1 aliphatic heterocycles. The Balaban J connectivity index is 1.88. The van der Waals surface area contributed by atoms with Crippen molar-refractivity contribution in [3.05, 3.63) is 0 Å². The van der Waals surface area contributed by atoms with Gasteiger partial charge in [-0.1, -0.05) is 0 Å². The topological polar surface area (TPSA) is 38.5 Å². The van der Waals surface area contributed by atoms with Crippen LogP contribution < -0.4 is 5.73 Å². The third-order valence-corrected chi connectivity index (χ3v) is 2.19. The molecule has 0 atom stereocenters. The summed E-state index contributed by atoms with van der Waals surface area (Å²) in [5, 5.41) is 0. The lowest BCUT2D eigenvalue weighted by Crippen LogP contribution is -2.50. The van der Waals surface area contributed by atoms with Gasteiger partial charge >= 0.3 is 0 Å². The van der Waals surface area contributed by atoms with E-state index in [0.717, 1.165) is 25.5 Å². The first kappa shape index (κ1) is 8.97. The smallest absolute Gasteiger partial charge is 0.0474 e. The van der Waals surface area contributed by atoms with Gasteiger partial charge in [0.2, 0.25) is 0 Å². The van der Waals surface area contributed by atoms with Crippen LogP contribution in [-0.4, -0.2) is 44.8 Å². The fraction of sp³-hybridized carbons (Fsp3) is 1.00. The zero-order valence-corrected chi connectivity index (χ0v) is 7.25. The van der Waals surface area contributed by atoms with E-state index in [-0.39, 0.29) is 0 Å². The summed E-state index contributed by atoms with van der Waals surface area (Å²) in [5.74, 6) is 0.762. The molecule has 0 aromatic heterocycles. The molecule has 0 bridgehead atoms. The van der Waals surface area contributed by atoms with Crippen molar-refractivity contribution in [3.63, 3.8) is 0 Å². The Morgan fingerprint density at radius 2 is 2.27 bits per heavy atom. The minimum atomic E-state index is 0.762. The first-order valence-corrected chi connectivity index (χ1v) is 4.28. The van der Waals surface area contributed by atoms with Crippen LogP contribution in [0, 0.1) is 5.92 Å². The van der Waals surface area contributed by atoms with Crippen molar-refractivity contribution >= 4 is 0 Å². The Morgan fingerprint density at radius 3 is 2.82 bits per heavy atom. The Bertz CT molecular complexity index is 102. The molecule has 1 aliphatic rings. The SMILES string of the molecule is COCCCN1CC(CN)C1. The summed E-state index contributed by atoms with van der Waals surface area (Å²) in [4.78, 5) is 2.43. The highest BCUT2D eigenvalue weighted by Gasteiger charge is 2.23. The average Bonchev–Trinajstić information content (AvgIpc) is 1.94. The van der Waals surface area contributed by atoms with Crippen LogP contribution in [0.15, 0.2) is 0 Å². The number of ether oxygens (including phenoxy) is 1. The van der Waals surface area contributed by atoms with Crippen LogP contribution >= 0.6 is 0 Å². The molecule has 0 aromatic rings. The van der Waals surface area contributed by atoms with Crippen molar-refractivity contribution in [2.45, 2.75) is 6.42 Å². The molecular formula is C8H18N2O. The highest BCUT2D eigenvalue weighted by atomic mass is 16.5. The molecule has 1 rings (SSSR count). The van der Waals surface area contributed by atoms with E-state index in [2.05, 4.69) is 4.90 Å². The summed E-state index contributed by atoms with van der Waals surface area (Å²) in [5.41, 5.74) is 5.50. The summed E-state index contributed by atoms with van der Waals surface area (Å²) in [6, 6.07) is 0. The Hall–Kier alpha value is -0.120.